The van der Waals surface area contributed by atoms with Gasteiger partial charge in [0.15, 0.2) is 0 Å². The molecule has 3 rings (SSSR count). The van der Waals surface area contributed by atoms with Gasteiger partial charge in [0, 0.05) is 12.5 Å². The lowest BCUT2D eigenvalue weighted by Crippen LogP contribution is -2.41. The van der Waals surface area contributed by atoms with Crippen LogP contribution in [0.1, 0.15) is 44.2 Å². The lowest BCUT2D eigenvalue weighted by molar-refractivity contribution is 0.0365. The zero-order valence-corrected chi connectivity index (χ0v) is 15.7. The average Bonchev–Trinajstić information content (AvgIpc) is 2.91. The van der Waals surface area contributed by atoms with Gasteiger partial charge in [0.2, 0.25) is 0 Å². The fourth-order valence-corrected chi connectivity index (χ4v) is 3.86. The van der Waals surface area contributed by atoms with Gasteiger partial charge in [-0.1, -0.05) is 62.4 Å². The largest absolute Gasteiger partial charge is 0.449 e. The zero-order chi connectivity index (χ0) is 18.7. The molecule has 2 aromatic carbocycles. The molecule has 0 saturated heterocycles. The van der Waals surface area contributed by atoms with Crippen LogP contribution in [0.2, 0.25) is 0 Å². The first-order valence-corrected chi connectivity index (χ1v) is 9.18. The highest BCUT2D eigenvalue weighted by molar-refractivity contribution is 5.79. The molecule has 0 radical (unpaired) electrons. The van der Waals surface area contributed by atoms with E-state index in [0.717, 1.165) is 0 Å². The molecular formula is C22H27NO3. The second-order valence-electron chi connectivity index (χ2n) is 7.77. The van der Waals surface area contributed by atoms with E-state index in [-0.39, 0.29) is 19.1 Å². The fraction of sp³-hybridized carbons (Fsp3) is 0.409. The summed E-state index contributed by atoms with van der Waals surface area (Å²) < 4.78 is 5.48. The average molecular weight is 353 g/mol. The van der Waals surface area contributed by atoms with E-state index in [2.05, 4.69) is 29.6 Å². The van der Waals surface area contributed by atoms with Crippen molar-refractivity contribution in [3.8, 4) is 11.1 Å². The number of rotatable bonds is 6. The van der Waals surface area contributed by atoms with Crippen LogP contribution in [0.25, 0.3) is 11.1 Å². The van der Waals surface area contributed by atoms with Crippen LogP contribution in [0.4, 0.5) is 4.79 Å². The highest BCUT2D eigenvalue weighted by atomic mass is 16.5. The van der Waals surface area contributed by atoms with Gasteiger partial charge in [-0.15, -0.1) is 0 Å². The molecule has 0 aromatic heterocycles. The third kappa shape index (κ3) is 4.07. The molecule has 0 saturated carbocycles. The number of carbonyl (C=O) groups excluding carboxylic acids is 1. The standard InChI is InChI=1S/C22H27NO3/c1-15(2)12-22(3,25)14-23-21(24)26-13-20-18-10-6-4-8-16(18)17-9-5-7-11-19(17)20/h4-11,15,20,25H,12-14H2,1-3H3,(H,23,24). The van der Waals surface area contributed by atoms with Crippen LogP contribution in [0.5, 0.6) is 0 Å². The van der Waals surface area contributed by atoms with Crippen LogP contribution in [-0.2, 0) is 4.74 Å². The molecule has 138 valence electrons. The molecule has 1 amide bonds. The van der Waals surface area contributed by atoms with Gasteiger partial charge in [-0.2, -0.15) is 0 Å². The van der Waals surface area contributed by atoms with Gasteiger partial charge in [0.1, 0.15) is 6.61 Å². The Bertz CT molecular complexity index is 737. The van der Waals surface area contributed by atoms with E-state index < -0.39 is 11.7 Å². The number of carbonyl (C=O) groups is 1. The van der Waals surface area contributed by atoms with Crippen molar-refractivity contribution in [3.05, 3.63) is 59.7 Å². The summed E-state index contributed by atoms with van der Waals surface area (Å²) in [4.78, 5) is 12.1. The molecular weight excluding hydrogens is 326 g/mol. The summed E-state index contributed by atoms with van der Waals surface area (Å²) in [5.74, 6) is 0.402. The van der Waals surface area contributed by atoms with Crippen molar-refractivity contribution < 1.29 is 14.6 Å². The Kier molecular flexibility index (Phi) is 5.33. The molecule has 0 aliphatic heterocycles. The number of ether oxygens (including phenoxy) is 1. The second-order valence-corrected chi connectivity index (χ2v) is 7.77. The van der Waals surface area contributed by atoms with E-state index in [0.29, 0.717) is 12.3 Å². The lowest BCUT2D eigenvalue weighted by Gasteiger charge is -2.25. The summed E-state index contributed by atoms with van der Waals surface area (Å²) in [6.45, 7) is 6.29. The molecule has 2 N–H and O–H groups in total. The van der Waals surface area contributed by atoms with Crippen LogP contribution >= 0.6 is 0 Å². The molecule has 1 aliphatic carbocycles. The first-order valence-electron chi connectivity index (χ1n) is 9.18. The molecule has 1 unspecified atom stereocenters. The molecule has 0 bridgehead atoms. The second kappa shape index (κ2) is 7.50. The number of benzene rings is 2. The number of fused-ring (bicyclic) bond motifs is 3. The van der Waals surface area contributed by atoms with Gasteiger partial charge in [-0.3, -0.25) is 0 Å². The highest BCUT2D eigenvalue weighted by Crippen LogP contribution is 2.44. The van der Waals surface area contributed by atoms with Crippen LogP contribution < -0.4 is 5.32 Å². The molecule has 0 spiro atoms. The third-order valence-corrected chi connectivity index (χ3v) is 4.81. The molecule has 4 nitrogen and oxygen atoms in total. The maximum Gasteiger partial charge on any atom is 0.407 e. The molecule has 1 atom stereocenters. The Balaban J connectivity index is 1.62. The van der Waals surface area contributed by atoms with Gasteiger partial charge >= 0.3 is 6.09 Å². The van der Waals surface area contributed by atoms with Crippen LogP contribution in [0.3, 0.4) is 0 Å². The van der Waals surface area contributed by atoms with Crippen LogP contribution in [0.15, 0.2) is 48.5 Å². The Labute approximate surface area is 155 Å². The quantitative estimate of drug-likeness (QED) is 0.813. The maximum atomic E-state index is 12.1. The van der Waals surface area contributed by atoms with Crippen molar-refractivity contribution >= 4 is 6.09 Å². The van der Waals surface area contributed by atoms with Crippen molar-refractivity contribution in [2.45, 2.75) is 38.7 Å². The Hall–Kier alpha value is -2.33. The summed E-state index contributed by atoms with van der Waals surface area (Å²) in [7, 11) is 0. The van der Waals surface area contributed by atoms with Gasteiger partial charge < -0.3 is 15.2 Å². The van der Waals surface area contributed by atoms with E-state index in [9.17, 15) is 9.90 Å². The predicted octanol–water partition coefficient (Wildman–Crippen LogP) is 4.32. The van der Waals surface area contributed by atoms with Crippen molar-refractivity contribution in [1.82, 2.24) is 5.32 Å². The smallest absolute Gasteiger partial charge is 0.407 e. The topological polar surface area (TPSA) is 58.6 Å². The fourth-order valence-electron chi connectivity index (χ4n) is 3.86. The predicted molar refractivity (Wildman–Crippen MR) is 103 cm³/mol. The Morgan fingerprint density at radius 2 is 1.65 bits per heavy atom. The summed E-state index contributed by atoms with van der Waals surface area (Å²) in [6.07, 6.45) is 0.132. The van der Waals surface area contributed by atoms with E-state index in [1.165, 1.54) is 22.3 Å². The van der Waals surface area contributed by atoms with Crippen LogP contribution in [0, 0.1) is 5.92 Å². The number of aliphatic hydroxyl groups is 1. The number of nitrogens with one attached hydrogen (secondary N) is 1. The van der Waals surface area contributed by atoms with Gasteiger partial charge in [-0.05, 0) is 41.5 Å². The van der Waals surface area contributed by atoms with E-state index >= 15 is 0 Å². The highest BCUT2D eigenvalue weighted by Gasteiger charge is 2.29. The number of amides is 1. The minimum atomic E-state index is -0.931. The SMILES string of the molecule is CC(C)CC(C)(O)CNC(=O)OCC1c2ccccc2-c2ccccc21. The third-order valence-electron chi connectivity index (χ3n) is 4.81. The summed E-state index contributed by atoms with van der Waals surface area (Å²) >= 11 is 0. The van der Waals surface area contributed by atoms with Gasteiger partial charge in [0.25, 0.3) is 0 Å². The lowest BCUT2D eigenvalue weighted by atomic mass is 9.94. The summed E-state index contributed by atoms with van der Waals surface area (Å²) in [6, 6.07) is 16.5. The molecule has 4 heteroatoms. The van der Waals surface area contributed by atoms with Crippen molar-refractivity contribution in [1.29, 1.82) is 0 Å². The van der Waals surface area contributed by atoms with E-state index in [4.69, 9.17) is 4.74 Å². The minimum absolute atomic E-state index is 0.0457. The Morgan fingerprint density at radius 3 is 2.19 bits per heavy atom. The molecule has 0 heterocycles. The molecule has 26 heavy (non-hydrogen) atoms. The number of alkyl carbamates (subject to hydrolysis) is 1. The first-order chi connectivity index (χ1) is 12.4. The summed E-state index contributed by atoms with van der Waals surface area (Å²) in [5, 5.41) is 13.0. The van der Waals surface area contributed by atoms with Crippen molar-refractivity contribution in [3.63, 3.8) is 0 Å². The number of hydrogen-bond acceptors (Lipinski definition) is 3. The van der Waals surface area contributed by atoms with Crippen LogP contribution in [-0.4, -0.2) is 30.0 Å². The van der Waals surface area contributed by atoms with Gasteiger partial charge in [0.05, 0.1) is 5.60 Å². The monoisotopic (exact) mass is 353 g/mol. The zero-order valence-electron chi connectivity index (χ0n) is 15.7. The first kappa shape index (κ1) is 18.5. The van der Waals surface area contributed by atoms with E-state index in [1.807, 2.05) is 38.1 Å². The van der Waals surface area contributed by atoms with E-state index in [1.54, 1.807) is 6.92 Å². The summed E-state index contributed by atoms with van der Waals surface area (Å²) in [5.41, 5.74) is 3.86. The minimum Gasteiger partial charge on any atom is -0.449 e. The maximum absolute atomic E-state index is 12.1. The molecule has 2 aromatic rings. The Morgan fingerprint density at radius 1 is 1.12 bits per heavy atom. The van der Waals surface area contributed by atoms with Crippen molar-refractivity contribution in [2.24, 2.45) is 5.92 Å². The molecule has 0 fully saturated rings. The van der Waals surface area contributed by atoms with Gasteiger partial charge in [-0.25, -0.2) is 4.79 Å². The van der Waals surface area contributed by atoms with Crippen molar-refractivity contribution in [2.75, 3.05) is 13.2 Å². The number of hydrogen-bond donors (Lipinski definition) is 2. The molecule has 1 aliphatic rings. The normalized spacial score (nSPS) is 15.3.